The van der Waals surface area contributed by atoms with Crippen LogP contribution in [0.25, 0.3) is 0 Å². The molecule has 132 valence electrons. The van der Waals surface area contributed by atoms with Crippen LogP contribution >= 0.6 is 8.58 Å². The average molecular weight is 336 g/mol. The van der Waals surface area contributed by atoms with E-state index in [2.05, 4.69) is 81.1 Å². The summed E-state index contributed by atoms with van der Waals surface area (Å²) in [6.45, 7) is 22.7. The van der Waals surface area contributed by atoms with Crippen LogP contribution in [0.4, 0.5) is 0 Å². The van der Waals surface area contributed by atoms with Gasteiger partial charge in [-0.25, -0.2) is 0 Å². The summed E-state index contributed by atoms with van der Waals surface area (Å²) in [5.74, 6) is 1.11. The van der Waals surface area contributed by atoms with Gasteiger partial charge in [0.2, 0.25) is 0 Å². The maximum absolute atomic E-state index is 6.72. The van der Waals surface area contributed by atoms with Crippen molar-refractivity contribution in [1.82, 2.24) is 0 Å². The minimum absolute atomic E-state index is 0.0198. The van der Waals surface area contributed by atoms with E-state index in [0.717, 1.165) is 27.2 Å². The zero-order valence-corrected chi connectivity index (χ0v) is 18.0. The Morgan fingerprint density at radius 1 is 0.913 bits per heavy atom. The van der Waals surface area contributed by atoms with E-state index in [1.807, 2.05) is 0 Å². The van der Waals surface area contributed by atoms with Gasteiger partial charge in [-0.15, -0.1) is 0 Å². The van der Waals surface area contributed by atoms with Gasteiger partial charge < -0.3 is 4.74 Å². The van der Waals surface area contributed by atoms with Crippen molar-refractivity contribution in [3.8, 4) is 5.75 Å². The zero-order chi connectivity index (χ0) is 18.1. The highest BCUT2D eigenvalue weighted by molar-refractivity contribution is 7.38. The molecule has 0 radical (unpaired) electrons. The Balaban J connectivity index is 3.54. The standard InChI is InChI=1S/C21H37OP/c1-11-21(12-2,23-10)22-18-15(3)13-16(19(4,5)6)14-17(18)20(7,8)9/h13-14,23H,11-12H2,1-10H3. The Hall–Kier alpha value is -0.550. The number of hydrogen-bond donors (Lipinski definition) is 0. The molecule has 0 saturated carbocycles. The largest absolute Gasteiger partial charge is 0.483 e. The smallest absolute Gasteiger partial charge is 0.127 e. The molecule has 2 heteroatoms. The molecule has 0 spiro atoms. The summed E-state index contributed by atoms with van der Waals surface area (Å²) in [7, 11) is 0.785. The molecule has 0 aliphatic carbocycles. The van der Waals surface area contributed by atoms with Crippen LogP contribution in [-0.4, -0.2) is 12.0 Å². The normalized spacial score (nSPS) is 13.8. The molecule has 0 aliphatic heterocycles. The van der Waals surface area contributed by atoms with Crippen LogP contribution < -0.4 is 4.74 Å². The topological polar surface area (TPSA) is 9.23 Å². The number of benzene rings is 1. The lowest BCUT2D eigenvalue weighted by Gasteiger charge is -2.36. The first kappa shape index (κ1) is 20.5. The maximum atomic E-state index is 6.72. The van der Waals surface area contributed by atoms with Gasteiger partial charge in [-0.3, -0.25) is 0 Å². The third kappa shape index (κ3) is 4.72. The summed E-state index contributed by atoms with van der Waals surface area (Å²) in [4.78, 5) is 0. The molecule has 1 aromatic rings. The first-order chi connectivity index (χ1) is 10.4. The van der Waals surface area contributed by atoms with Crippen LogP contribution in [0.3, 0.4) is 0 Å². The second-order valence-corrected chi connectivity index (χ2v) is 10.1. The minimum atomic E-state index is -0.0198. The first-order valence-corrected chi connectivity index (χ1v) is 10.4. The molecule has 0 heterocycles. The Morgan fingerprint density at radius 3 is 1.78 bits per heavy atom. The molecule has 23 heavy (non-hydrogen) atoms. The van der Waals surface area contributed by atoms with E-state index in [4.69, 9.17) is 4.74 Å². The first-order valence-electron chi connectivity index (χ1n) is 8.93. The van der Waals surface area contributed by atoms with Crippen molar-refractivity contribution in [2.75, 3.05) is 6.66 Å². The highest BCUT2D eigenvalue weighted by Crippen LogP contribution is 2.44. The third-order valence-corrected chi connectivity index (χ3v) is 6.56. The number of hydrogen-bond acceptors (Lipinski definition) is 1. The van der Waals surface area contributed by atoms with Gasteiger partial charge in [0.25, 0.3) is 0 Å². The fourth-order valence-electron chi connectivity index (χ4n) is 2.89. The lowest BCUT2D eigenvalue weighted by molar-refractivity contribution is 0.148. The summed E-state index contributed by atoms with van der Waals surface area (Å²) in [6.07, 6.45) is 2.12. The molecule has 0 saturated heterocycles. The van der Waals surface area contributed by atoms with Crippen molar-refractivity contribution in [1.29, 1.82) is 0 Å². The van der Waals surface area contributed by atoms with Crippen molar-refractivity contribution >= 4 is 8.58 Å². The Morgan fingerprint density at radius 2 is 1.43 bits per heavy atom. The van der Waals surface area contributed by atoms with Gasteiger partial charge in [0.15, 0.2) is 0 Å². The summed E-state index contributed by atoms with van der Waals surface area (Å²) in [5, 5.41) is -0.0198. The second-order valence-electron chi connectivity index (χ2n) is 8.72. The Kier molecular flexibility index (Phi) is 6.36. The molecule has 0 N–H and O–H groups in total. The third-order valence-electron chi connectivity index (χ3n) is 4.84. The number of aryl methyl sites for hydroxylation is 1. The molecule has 0 bridgehead atoms. The average Bonchev–Trinajstić information content (AvgIpc) is 2.44. The fourth-order valence-corrected chi connectivity index (χ4v) is 3.81. The van der Waals surface area contributed by atoms with Crippen LogP contribution in [0.15, 0.2) is 12.1 Å². The van der Waals surface area contributed by atoms with E-state index in [0.29, 0.717) is 0 Å². The van der Waals surface area contributed by atoms with Crippen molar-refractivity contribution in [3.05, 3.63) is 28.8 Å². The zero-order valence-electron chi connectivity index (χ0n) is 17.0. The van der Waals surface area contributed by atoms with E-state index in [1.54, 1.807) is 0 Å². The van der Waals surface area contributed by atoms with Crippen molar-refractivity contribution in [2.45, 2.75) is 91.3 Å². The molecular weight excluding hydrogens is 299 g/mol. The van der Waals surface area contributed by atoms with E-state index in [-0.39, 0.29) is 16.2 Å². The lowest BCUT2D eigenvalue weighted by atomic mass is 9.79. The lowest BCUT2D eigenvalue weighted by Crippen LogP contribution is -2.31. The predicted molar refractivity (Wildman–Crippen MR) is 107 cm³/mol. The number of ether oxygens (including phenoxy) is 1. The summed E-state index contributed by atoms with van der Waals surface area (Å²) in [5.41, 5.74) is 4.23. The molecule has 1 unspecified atom stereocenters. The molecule has 1 rings (SSSR count). The molecular formula is C21H37OP. The Bertz CT molecular complexity index is 520. The van der Waals surface area contributed by atoms with Crippen LogP contribution in [-0.2, 0) is 10.8 Å². The SMILES string of the molecule is CCC(CC)(Oc1c(C)cc(C(C)(C)C)cc1C(C)(C)C)PC. The number of rotatable bonds is 5. The molecule has 0 aliphatic rings. The van der Waals surface area contributed by atoms with Crippen molar-refractivity contribution in [3.63, 3.8) is 0 Å². The van der Waals surface area contributed by atoms with E-state index in [9.17, 15) is 0 Å². The highest BCUT2D eigenvalue weighted by atomic mass is 31.1. The molecule has 1 aromatic carbocycles. The maximum Gasteiger partial charge on any atom is 0.127 e. The second kappa shape index (κ2) is 7.14. The van der Waals surface area contributed by atoms with E-state index >= 15 is 0 Å². The monoisotopic (exact) mass is 336 g/mol. The van der Waals surface area contributed by atoms with Crippen LogP contribution in [0, 0.1) is 6.92 Å². The van der Waals surface area contributed by atoms with Crippen molar-refractivity contribution < 1.29 is 4.74 Å². The highest BCUT2D eigenvalue weighted by Gasteiger charge is 2.31. The van der Waals surface area contributed by atoms with E-state index in [1.165, 1.54) is 16.7 Å². The Labute approximate surface area is 146 Å². The summed E-state index contributed by atoms with van der Waals surface area (Å²) in [6, 6.07) is 4.69. The van der Waals surface area contributed by atoms with Gasteiger partial charge >= 0.3 is 0 Å². The van der Waals surface area contributed by atoms with Gasteiger partial charge in [-0.2, -0.15) is 0 Å². The molecule has 0 aromatic heterocycles. The molecule has 0 amide bonds. The van der Waals surface area contributed by atoms with Gasteiger partial charge in [0, 0.05) is 5.56 Å². The minimum Gasteiger partial charge on any atom is -0.483 e. The van der Waals surface area contributed by atoms with Crippen LogP contribution in [0.5, 0.6) is 5.75 Å². The van der Waals surface area contributed by atoms with Gasteiger partial charge in [0.05, 0.1) is 0 Å². The summed E-state index contributed by atoms with van der Waals surface area (Å²) >= 11 is 0. The van der Waals surface area contributed by atoms with E-state index < -0.39 is 0 Å². The van der Waals surface area contributed by atoms with Gasteiger partial charge in [-0.1, -0.05) is 76.1 Å². The van der Waals surface area contributed by atoms with Crippen LogP contribution in [0.1, 0.15) is 84.9 Å². The molecule has 1 atom stereocenters. The predicted octanol–water partition coefficient (Wildman–Crippen LogP) is 6.79. The van der Waals surface area contributed by atoms with Crippen molar-refractivity contribution in [2.24, 2.45) is 0 Å². The van der Waals surface area contributed by atoms with Gasteiger partial charge in [0.1, 0.15) is 11.1 Å². The summed E-state index contributed by atoms with van der Waals surface area (Å²) < 4.78 is 6.72. The van der Waals surface area contributed by atoms with Gasteiger partial charge in [-0.05, 0) is 48.4 Å². The van der Waals surface area contributed by atoms with Crippen LogP contribution in [0.2, 0.25) is 0 Å². The molecule has 1 nitrogen and oxygen atoms in total. The molecule has 0 fully saturated rings. The quantitative estimate of drug-likeness (QED) is 0.538. The fraction of sp³-hybridized carbons (Fsp3) is 0.714.